The van der Waals surface area contributed by atoms with Gasteiger partial charge in [-0.05, 0) is 37.8 Å². The third kappa shape index (κ3) is 6.73. The lowest BCUT2D eigenvalue weighted by molar-refractivity contribution is -0.130. The molecule has 196 valence electrons. The monoisotopic (exact) mass is 510 g/mol. The maximum absolute atomic E-state index is 13.3. The minimum Gasteiger partial charge on any atom is -0.345 e. The predicted molar refractivity (Wildman–Crippen MR) is 150 cm³/mol. The molecule has 1 aliphatic heterocycles. The molecule has 1 aliphatic rings. The van der Waals surface area contributed by atoms with Crippen molar-refractivity contribution in [3.05, 3.63) is 102 Å². The number of aryl methyl sites for hydroxylation is 1. The van der Waals surface area contributed by atoms with Crippen molar-refractivity contribution >= 4 is 29.1 Å². The molecule has 3 aromatic carbocycles. The fraction of sp³-hybridized carbons (Fsp3) is 0.290. The van der Waals surface area contributed by atoms with Crippen LogP contribution in [0.4, 0.5) is 5.69 Å². The fourth-order valence-corrected chi connectivity index (χ4v) is 4.52. The minimum absolute atomic E-state index is 0.183. The molecule has 0 bridgehead atoms. The number of aliphatic imine (C=N–C) groups is 1. The van der Waals surface area contributed by atoms with Crippen molar-refractivity contribution in [3.8, 4) is 0 Å². The summed E-state index contributed by atoms with van der Waals surface area (Å²) in [6, 6.07) is 26.6. The second-order valence-corrected chi connectivity index (χ2v) is 9.50. The number of fused-ring (bicyclic) bond motifs is 1. The number of benzene rings is 3. The topological polar surface area (TPSA) is 90.9 Å². The van der Waals surface area contributed by atoms with Crippen LogP contribution in [0.5, 0.6) is 0 Å². The summed E-state index contributed by atoms with van der Waals surface area (Å²) in [5.74, 6) is -0.998. The molecule has 0 saturated carbocycles. The molecule has 0 aliphatic carbocycles. The summed E-state index contributed by atoms with van der Waals surface area (Å²) in [5.41, 5.74) is 4.28. The number of rotatable bonds is 10. The smallest absolute Gasteiger partial charge is 0.272 e. The third-order valence-electron chi connectivity index (χ3n) is 6.65. The highest BCUT2D eigenvalue weighted by Crippen LogP contribution is 2.27. The standard InChI is InChI=1S/C31H34N4O3/c1-22(32-27(36)21-11-4-8-16-23-14-6-3-7-15-23)30(37)34-29-31(38)35(2)26-20-13-12-19-25(26)28(33-29)24-17-9-5-10-18-24/h3,5-7,9-10,12-15,17-20,22,29H,4,8,11,16,21H2,1-2H3,(H,32,36)(H,34,37)/t22-,29+/m0/s1. The van der Waals surface area contributed by atoms with E-state index < -0.39 is 18.1 Å². The summed E-state index contributed by atoms with van der Waals surface area (Å²) < 4.78 is 0. The molecule has 0 spiro atoms. The zero-order valence-electron chi connectivity index (χ0n) is 21.9. The van der Waals surface area contributed by atoms with E-state index in [9.17, 15) is 14.4 Å². The maximum atomic E-state index is 13.3. The Bertz CT molecular complexity index is 1290. The van der Waals surface area contributed by atoms with Crippen LogP contribution < -0.4 is 15.5 Å². The summed E-state index contributed by atoms with van der Waals surface area (Å²) >= 11 is 0. The number of likely N-dealkylation sites (N-methyl/N-ethyl adjacent to an activating group) is 1. The van der Waals surface area contributed by atoms with Gasteiger partial charge in [-0.1, -0.05) is 85.3 Å². The highest BCUT2D eigenvalue weighted by atomic mass is 16.2. The Hall–Kier alpha value is -4.26. The number of carbonyl (C=O) groups is 3. The summed E-state index contributed by atoms with van der Waals surface area (Å²) in [5, 5.41) is 5.50. The van der Waals surface area contributed by atoms with Gasteiger partial charge in [0.2, 0.25) is 18.0 Å². The number of hydrogen-bond donors (Lipinski definition) is 2. The van der Waals surface area contributed by atoms with Gasteiger partial charge < -0.3 is 15.5 Å². The van der Waals surface area contributed by atoms with Crippen molar-refractivity contribution in [1.29, 1.82) is 0 Å². The first-order chi connectivity index (χ1) is 18.4. The first-order valence-electron chi connectivity index (χ1n) is 13.1. The van der Waals surface area contributed by atoms with Gasteiger partial charge in [0.05, 0.1) is 11.4 Å². The average Bonchev–Trinajstić information content (AvgIpc) is 3.04. The van der Waals surface area contributed by atoms with Gasteiger partial charge >= 0.3 is 0 Å². The predicted octanol–water partition coefficient (Wildman–Crippen LogP) is 4.25. The zero-order chi connectivity index (χ0) is 26.9. The van der Waals surface area contributed by atoms with Crippen molar-refractivity contribution in [2.45, 2.75) is 51.2 Å². The van der Waals surface area contributed by atoms with Gasteiger partial charge in [0.1, 0.15) is 6.04 Å². The Labute approximate surface area is 224 Å². The van der Waals surface area contributed by atoms with Crippen molar-refractivity contribution in [2.24, 2.45) is 4.99 Å². The normalized spacial score (nSPS) is 15.6. The van der Waals surface area contributed by atoms with Gasteiger partial charge in [-0.3, -0.25) is 14.4 Å². The fourth-order valence-electron chi connectivity index (χ4n) is 4.52. The Morgan fingerprint density at radius 3 is 2.29 bits per heavy atom. The molecule has 0 fully saturated rings. The Balaban J connectivity index is 1.36. The number of carbonyl (C=O) groups excluding carboxylic acids is 3. The Kier molecular flexibility index (Phi) is 9.03. The molecular weight excluding hydrogens is 476 g/mol. The van der Waals surface area contributed by atoms with Crippen LogP contribution in [0.3, 0.4) is 0 Å². The van der Waals surface area contributed by atoms with E-state index in [-0.39, 0.29) is 11.8 Å². The van der Waals surface area contributed by atoms with E-state index in [0.29, 0.717) is 17.8 Å². The first-order valence-corrected chi connectivity index (χ1v) is 13.1. The van der Waals surface area contributed by atoms with Gasteiger partial charge in [-0.2, -0.15) is 0 Å². The number of unbranched alkanes of at least 4 members (excludes halogenated alkanes) is 2. The van der Waals surface area contributed by atoms with Gasteiger partial charge in [0, 0.05) is 24.6 Å². The summed E-state index contributed by atoms with van der Waals surface area (Å²) in [6.45, 7) is 1.62. The number of benzodiazepines with no additional fused rings is 1. The van der Waals surface area contributed by atoms with Crippen LogP contribution in [0, 0.1) is 0 Å². The molecular formula is C31H34N4O3. The molecule has 0 radical (unpaired) electrons. The van der Waals surface area contributed by atoms with Crippen molar-refractivity contribution in [2.75, 3.05) is 11.9 Å². The molecule has 3 amide bonds. The van der Waals surface area contributed by atoms with Crippen LogP contribution in [0.25, 0.3) is 0 Å². The molecule has 2 N–H and O–H groups in total. The molecule has 38 heavy (non-hydrogen) atoms. The van der Waals surface area contributed by atoms with Crippen LogP contribution in [0.2, 0.25) is 0 Å². The number of para-hydroxylation sites is 1. The number of nitrogens with one attached hydrogen (secondary N) is 2. The zero-order valence-corrected chi connectivity index (χ0v) is 21.9. The number of nitrogens with zero attached hydrogens (tertiary/aromatic N) is 2. The van der Waals surface area contributed by atoms with E-state index in [1.807, 2.05) is 72.8 Å². The van der Waals surface area contributed by atoms with Gasteiger partial charge in [0.25, 0.3) is 5.91 Å². The van der Waals surface area contributed by atoms with Gasteiger partial charge in [-0.25, -0.2) is 4.99 Å². The summed E-state index contributed by atoms with van der Waals surface area (Å²) in [6.07, 6.45) is 2.91. The molecule has 0 unspecified atom stereocenters. The van der Waals surface area contributed by atoms with Crippen LogP contribution in [0.1, 0.15) is 49.3 Å². The quantitative estimate of drug-likeness (QED) is 0.400. The lowest BCUT2D eigenvalue weighted by atomic mass is 10.0. The van der Waals surface area contributed by atoms with Crippen molar-refractivity contribution < 1.29 is 14.4 Å². The average molecular weight is 511 g/mol. The largest absolute Gasteiger partial charge is 0.345 e. The third-order valence-corrected chi connectivity index (χ3v) is 6.65. The van der Waals surface area contributed by atoms with E-state index in [0.717, 1.165) is 36.8 Å². The van der Waals surface area contributed by atoms with Gasteiger partial charge in [-0.15, -0.1) is 0 Å². The van der Waals surface area contributed by atoms with Crippen molar-refractivity contribution in [1.82, 2.24) is 10.6 Å². The number of anilines is 1. The maximum Gasteiger partial charge on any atom is 0.272 e. The second kappa shape index (κ2) is 12.8. The molecule has 0 saturated heterocycles. The minimum atomic E-state index is -1.12. The van der Waals surface area contributed by atoms with E-state index in [1.165, 1.54) is 10.5 Å². The number of hydrogen-bond acceptors (Lipinski definition) is 4. The van der Waals surface area contributed by atoms with E-state index in [1.54, 1.807) is 14.0 Å². The molecule has 7 nitrogen and oxygen atoms in total. The molecule has 4 rings (SSSR count). The highest BCUT2D eigenvalue weighted by Gasteiger charge is 2.32. The lowest BCUT2D eigenvalue weighted by Gasteiger charge is -2.22. The Morgan fingerprint density at radius 1 is 0.895 bits per heavy atom. The van der Waals surface area contributed by atoms with Crippen LogP contribution in [0.15, 0.2) is 89.9 Å². The molecule has 0 aromatic heterocycles. The molecule has 3 aromatic rings. The van der Waals surface area contributed by atoms with Gasteiger partial charge in [0.15, 0.2) is 0 Å². The number of amides is 3. The molecule has 7 heteroatoms. The van der Waals surface area contributed by atoms with Crippen LogP contribution in [-0.2, 0) is 20.8 Å². The van der Waals surface area contributed by atoms with E-state index in [2.05, 4.69) is 22.8 Å². The second-order valence-electron chi connectivity index (χ2n) is 9.50. The van der Waals surface area contributed by atoms with Crippen LogP contribution >= 0.6 is 0 Å². The van der Waals surface area contributed by atoms with Crippen molar-refractivity contribution in [3.63, 3.8) is 0 Å². The summed E-state index contributed by atoms with van der Waals surface area (Å²) in [4.78, 5) is 44.9. The summed E-state index contributed by atoms with van der Waals surface area (Å²) in [7, 11) is 1.67. The lowest BCUT2D eigenvalue weighted by Crippen LogP contribution is -2.52. The Morgan fingerprint density at radius 2 is 1.55 bits per heavy atom. The highest BCUT2D eigenvalue weighted by molar-refractivity contribution is 6.20. The first kappa shape index (κ1) is 26.8. The molecule has 2 atom stereocenters. The molecule has 1 heterocycles. The SMILES string of the molecule is C[C@H](NC(=O)CCCCCc1ccccc1)C(=O)N[C@H]1N=C(c2ccccc2)c2ccccc2N(C)C1=O. The van der Waals surface area contributed by atoms with Crippen LogP contribution in [-0.4, -0.2) is 42.7 Å². The van der Waals surface area contributed by atoms with E-state index in [4.69, 9.17) is 4.99 Å². The van der Waals surface area contributed by atoms with E-state index >= 15 is 0 Å².